The molecule has 1 aliphatic rings. The minimum atomic E-state index is -0.0147. The van der Waals surface area contributed by atoms with Gasteiger partial charge in [0.15, 0.2) is 11.1 Å². The summed E-state index contributed by atoms with van der Waals surface area (Å²) in [5.41, 5.74) is 1.99. The van der Waals surface area contributed by atoms with E-state index in [1.165, 1.54) is 0 Å². The van der Waals surface area contributed by atoms with Crippen molar-refractivity contribution in [1.82, 2.24) is 9.55 Å². The second-order valence-corrected chi connectivity index (χ2v) is 6.19. The molecule has 0 saturated carbocycles. The van der Waals surface area contributed by atoms with Crippen molar-refractivity contribution in [3.05, 3.63) is 62.4 Å². The molecule has 2 aromatic heterocycles. The van der Waals surface area contributed by atoms with Crippen LogP contribution in [0.15, 0.2) is 41.3 Å². The van der Waals surface area contributed by atoms with Crippen LogP contribution in [0.2, 0.25) is 10.0 Å². The smallest absolute Gasteiger partial charge is 0.207 e. The van der Waals surface area contributed by atoms with Gasteiger partial charge in [0.25, 0.3) is 0 Å². The van der Waals surface area contributed by atoms with E-state index in [1.807, 2.05) is 10.6 Å². The van der Waals surface area contributed by atoms with Crippen LogP contribution in [0.3, 0.4) is 0 Å². The molecule has 1 aromatic carbocycles. The summed E-state index contributed by atoms with van der Waals surface area (Å²) in [5.74, 6) is 0.547. The molecule has 6 heteroatoms. The van der Waals surface area contributed by atoms with Crippen LogP contribution in [0, 0.1) is 0 Å². The summed E-state index contributed by atoms with van der Waals surface area (Å²) in [6.45, 7) is 0.575. The lowest BCUT2D eigenvalue weighted by Gasteiger charge is -2.23. The fourth-order valence-electron chi connectivity index (χ4n) is 2.90. The van der Waals surface area contributed by atoms with Gasteiger partial charge in [0.05, 0.1) is 33.3 Å². The summed E-state index contributed by atoms with van der Waals surface area (Å²) >= 11 is 12.2. The van der Waals surface area contributed by atoms with Crippen molar-refractivity contribution >= 4 is 34.2 Å². The first-order chi connectivity index (χ1) is 11.2. The molecule has 23 heavy (non-hydrogen) atoms. The zero-order chi connectivity index (χ0) is 16.0. The fourth-order valence-corrected chi connectivity index (χ4v) is 3.19. The fraction of sp³-hybridized carbons (Fsp3) is 0.176. The summed E-state index contributed by atoms with van der Waals surface area (Å²) < 4.78 is 7.66. The molecule has 4 rings (SSSR count). The summed E-state index contributed by atoms with van der Waals surface area (Å²) in [6.07, 6.45) is 3.18. The number of benzene rings is 1. The molecule has 0 fully saturated rings. The van der Waals surface area contributed by atoms with Gasteiger partial charge in [0.1, 0.15) is 0 Å². The highest BCUT2D eigenvalue weighted by molar-refractivity contribution is 6.42. The second-order valence-electron chi connectivity index (χ2n) is 5.37. The number of aromatic nitrogens is 2. The Balaban J connectivity index is 2.14. The molecule has 0 amide bonds. The lowest BCUT2D eigenvalue weighted by atomic mass is 10.1. The number of hydrogen-bond acceptors (Lipinski definition) is 3. The number of halogens is 2. The number of fused-ring (bicyclic) bond motifs is 2. The van der Waals surface area contributed by atoms with E-state index < -0.39 is 0 Å². The molecule has 0 spiro atoms. The SMILES string of the molecule is O=c1c2c(n(-c3ccc(Cl)c(Cl)c3)c3ncccc13)OCCC2. The van der Waals surface area contributed by atoms with Gasteiger partial charge >= 0.3 is 0 Å². The van der Waals surface area contributed by atoms with Crippen molar-refractivity contribution in [2.45, 2.75) is 12.8 Å². The van der Waals surface area contributed by atoms with Crippen molar-refractivity contribution in [2.24, 2.45) is 0 Å². The number of nitrogens with zero attached hydrogens (tertiary/aromatic N) is 2. The molecule has 0 N–H and O–H groups in total. The summed E-state index contributed by atoms with van der Waals surface area (Å²) in [5, 5.41) is 1.49. The van der Waals surface area contributed by atoms with Gasteiger partial charge in [-0.25, -0.2) is 4.98 Å². The van der Waals surface area contributed by atoms with Gasteiger partial charge in [-0.1, -0.05) is 23.2 Å². The predicted octanol–water partition coefficient (Wildman–Crippen LogP) is 4.02. The number of rotatable bonds is 1. The lowest BCUT2D eigenvalue weighted by Crippen LogP contribution is -2.23. The van der Waals surface area contributed by atoms with E-state index in [2.05, 4.69) is 4.98 Å². The van der Waals surface area contributed by atoms with Crippen LogP contribution in [0.5, 0.6) is 5.88 Å². The Bertz CT molecular complexity index is 982. The largest absolute Gasteiger partial charge is 0.478 e. The van der Waals surface area contributed by atoms with Crippen molar-refractivity contribution in [2.75, 3.05) is 6.61 Å². The van der Waals surface area contributed by atoms with Gasteiger partial charge in [-0.2, -0.15) is 0 Å². The van der Waals surface area contributed by atoms with Gasteiger partial charge in [0.2, 0.25) is 5.88 Å². The average molecular weight is 347 g/mol. The maximum absolute atomic E-state index is 12.7. The Morgan fingerprint density at radius 2 is 2.04 bits per heavy atom. The van der Waals surface area contributed by atoms with E-state index >= 15 is 0 Å². The topological polar surface area (TPSA) is 44.1 Å². The Morgan fingerprint density at radius 1 is 1.17 bits per heavy atom. The molecular weight excluding hydrogens is 335 g/mol. The third-order valence-electron chi connectivity index (χ3n) is 3.95. The van der Waals surface area contributed by atoms with Crippen molar-refractivity contribution in [1.29, 1.82) is 0 Å². The van der Waals surface area contributed by atoms with E-state index in [9.17, 15) is 4.79 Å². The van der Waals surface area contributed by atoms with Gasteiger partial charge in [0, 0.05) is 6.20 Å². The summed E-state index contributed by atoms with van der Waals surface area (Å²) in [6, 6.07) is 8.86. The van der Waals surface area contributed by atoms with E-state index in [0.717, 1.165) is 12.1 Å². The van der Waals surface area contributed by atoms with Crippen LogP contribution in [-0.2, 0) is 6.42 Å². The molecular formula is C17H12Cl2N2O2. The van der Waals surface area contributed by atoms with E-state index in [-0.39, 0.29) is 5.43 Å². The number of ether oxygens (including phenoxy) is 1. The average Bonchev–Trinajstić information content (AvgIpc) is 2.58. The Hall–Kier alpha value is -2.04. The summed E-state index contributed by atoms with van der Waals surface area (Å²) in [7, 11) is 0. The maximum Gasteiger partial charge on any atom is 0.207 e. The molecule has 3 aromatic rings. The molecule has 0 atom stereocenters. The minimum Gasteiger partial charge on any atom is -0.478 e. The van der Waals surface area contributed by atoms with Crippen molar-refractivity contribution < 1.29 is 4.74 Å². The molecule has 1 aliphatic heterocycles. The van der Waals surface area contributed by atoms with Crippen LogP contribution in [-0.4, -0.2) is 16.2 Å². The van der Waals surface area contributed by atoms with Gasteiger partial charge in [-0.05, 0) is 43.2 Å². The van der Waals surface area contributed by atoms with E-state index in [1.54, 1.807) is 30.5 Å². The van der Waals surface area contributed by atoms with E-state index in [4.69, 9.17) is 27.9 Å². The first-order valence-electron chi connectivity index (χ1n) is 7.27. The zero-order valence-electron chi connectivity index (χ0n) is 12.1. The predicted molar refractivity (Wildman–Crippen MR) is 91.2 cm³/mol. The van der Waals surface area contributed by atoms with E-state index in [0.29, 0.717) is 45.5 Å². The normalized spacial score (nSPS) is 13.7. The molecule has 116 valence electrons. The third kappa shape index (κ3) is 2.30. The Kier molecular flexibility index (Phi) is 3.51. The van der Waals surface area contributed by atoms with Crippen LogP contribution < -0.4 is 10.2 Å². The number of pyridine rings is 2. The molecule has 4 nitrogen and oxygen atoms in total. The van der Waals surface area contributed by atoms with Gasteiger partial charge in [-0.3, -0.25) is 9.36 Å². The highest BCUT2D eigenvalue weighted by Gasteiger charge is 2.22. The zero-order valence-corrected chi connectivity index (χ0v) is 13.6. The van der Waals surface area contributed by atoms with Crippen LogP contribution in [0.25, 0.3) is 16.7 Å². The Labute approximate surface area is 142 Å². The molecule has 0 unspecified atom stereocenters. The molecule has 0 aliphatic carbocycles. The van der Waals surface area contributed by atoms with Crippen molar-refractivity contribution in [3.8, 4) is 11.6 Å². The van der Waals surface area contributed by atoms with Crippen LogP contribution in [0.4, 0.5) is 0 Å². The standard InChI is InChI=1S/C17H12Cl2N2O2/c18-13-6-5-10(9-14(13)19)21-16-11(3-1-7-20-16)15(22)12-4-2-8-23-17(12)21/h1,3,5-7,9H,2,4,8H2. The maximum atomic E-state index is 12.7. The highest BCUT2D eigenvalue weighted by atomic mass is 35.5. The minimum absolute atomic E-state index is 0.0147. The number of hydrogen-bond donors (Lipinski definition) is 0. The third-order valence-corrected chi connectivity index (χ3v) is 4.69. The van der Waals surface area contributed by atoms with Gasteiger partial charge in [-0.15, -0.1) is 0 Å². The van der Waals surface area contributed by atoms with Crippen LogP contribution in [0.1, 0.15) is 12.0 Å². The molecule has 0 saturated heterocycles. The quantitative estimate of drug-likeness (QED) is 0.668. The first kappa shape index (κ1) is 14.5. The highest BCUT2D eigenvalue weighted by Crippen LogP contribution is 2.32. The second kappa shape index (κ2) is 5.55. The summed E-state index contributed by atoms with van der Waals surface area (Å²) in [4.78, 5) is 17.1. The Morgan fingerprint density at radius 3 is 2.87 bits per heavy atom. The van der Waals surface area contributed by atoms with Gasteiger partial charge < -0.3 is 4.74 Å². The molecule has 0 bridgehead atoms. The monoisotopic (exact) mass is 346 g/mol. The van der Waals surface area contributed by atoms with Crippen LogP contribution >= 0.6 is 23.2 Å². The molecule has 3 heterocycles. The van der Waals surface area contributed by atoms with Crippen molar-refractivity contribution in [3.63, 3.8) is 0 Å². The first-order valence-corrected chi connectivity index (χ1v) is 8.03. The lowest BCUT2D eigenvalue weighted by molar-refractivity contribution is 0.270. The molecule has 0 radical (unpaired) electrons.